The third-order valence-electron chi connectivity index (χ3n) is 5.65. The van der Waals surface area contributed by atoms with Crippen molar-refractivity contribution >= 4 is 23.9 Å². The zero-order valence-electron chi connectivity index (χ0n) is 22.2. The van der Waals surface area contributed by atoms with Crippen molar-refractivity contribution in [2.45, 2.75) is 45.3 Å². The minimum absolute atomic E-state index is 0.0923. The summed E-state index contributed by atoms with van der Waals surface area (Å²) < 4.78 is 34.1. The molecule has 0 spiro atoms. The predicted octanol–water partition coefficient (Wildman–Crippen LogP) is 0.645. The second-order valence-electron chi connectivity index (χ2n) is 8.46. The van der Waals surface area contributed by atoms with Crippen molar-refractivity contribution < 1.29 is 47.6 Å². The van der Waals surface area contributed by atoms with Crippen molar-refractivity contribution in [2.24, 2.45) is 0 Å². The van der Waals surface area contributed by atoms with Crippen LogP contribution in [0, 0.1) is 0 Å². The Bertz CT molecular complexity index is 1400. The quantitative estimate of drug-likeness (QED) is 0.263. The Labute approximate surface area is 227 Å². The molecule has 0 unspecified atom stereocenters. The van der Waals surface area contributed by atoms with Crippen molar-refractivity contribution in [1.29, 1.82) is 0 Å². The van der Waals surface area contributed by atoms with Gasteiger partial charge in [-0.2, -0.15) is 9.67 Å². The van der Waals surface area contributed by atoms with E-state index in [4.69, 9.17) is 28.4 Å². The molecule has 212 valence electrons. The Morgan fingerprint density at radius 1 is 0.950 bits per heavy atom. The van der Waals surface area contributed by atoms with E-state index in [0.29, 0.717) is 11.4 Å². The lowest BCUT2D eigenvalue weighted by molar-refractivity contribution is -0.166. The van der Waals surface area contributed by atoms with E-state index in [1.165, 1.54) is 17.8 Å². The lowest BCUT2D eigenvalue weighted by Gasteiger charge is -2.23. The van der Waals surface area contributed by atoms with Crippen LogP contribution in [-0.4, -0.2) is 92.8 Å². The summed E-state index contributed by atoms with van der Waals surface area (Å²) in [6, 6.07) is 7.09. The highest BCUT2D eigenvalue weighted by atomic mass is 16.7. The number of benzene rings is 1. The van der Waals surface area contributed by atoms with Crippen LogP contribution >= 0.6 is 0 Å². The number of nitrogens with zero attached hydrogens (tertiary/aromatic N) is 6. The number of esters is 4. The molecule has 2 aromatic heterocycles. The molecule has 1 fully saturated rings. The standard InChI is InChI=1S/C24H26N6O10/c1-12(31)37-11-18-19(38-13(2)32)20(39-14(3)33)22(40-18)30-21(23(34)36-5)25-24(27-30)29-10-17(26-28-29)15-6-8-16(35-4)9-7-15/h6-10,18-20,22H,11H2,1-5H3/t18-,19-,20-,22-/m0/s1. The number of methoxy groups -OCH3 is 2. The first-order chi connectivity index (χ1) is 19.1. The molecule has 0 N–H and O–H groups in total. The Morgan fingerprint density at radius 2 is 1.62 bits per heavy atom. The summed E-state index contributed by atoms with van der Waals surface area (Å²) in [5, 5.41) is 12.5. The average molecular weight is 559 g/mol. The van der Waals surface area contributed by atoms with Gasteiger partial charge in [0.25, 0.3) is 5.95 Å². The minimum Gasteiger partial charge on any atom is -0.497 e. The number of carbonyl (C=O) groups excluding carboxylic acids is 4. The second-order valence-corrected chi connectivity index (χ2v) is 8.46. The molecular weight excluding hydrogens is 532 g/mol. The van der Waals surface area contributed by atoms with E-state index in [1.54, 1.807) is 31.4 Å². The Hall–Kier alpha value is -4.86. The highest BCUT2D eigenvalue weighted by Gasteiger charge is 2.52. The fourth-order valence-corrected chi connectivity index (χ4v) is 3.96. The lowest BCUT2D eigenvalue weighted by Crippen LogP contribution is -2.41. The maximum absolute atomic E-state index is 12.7. The normalized spacial score (nSPS) is 20.0. The van der Waals surface area contributed by atoms with Gasteiger partial charge in [0.2, 0.25) is 5.82 Å². The van der Waals surface area contributed by atoms with Crippen LogP contribution in [-0.2, 0) is 38.1 Å². The number of aromatic nitrogens is 6. The summed E-state index contributed by atoms with van der Waals surface area (Å²) >= 11 is 0. The van der Waals surface area contributed by atoms with Gasteiger partial charge in [-0.15, -0.1) is 10.2 Å². The van der Waals surface area contributed by atoms with Gasteiger partial charge < -0.3 is 28.4 Å². The SMILES string of the molecule is COC(=O)c1nc(-n2cc(-c3ccc(OC)cc3)nn2)nn1[C@H]1O[C@@H](COC(C)=O)[C@H](OC(C)=O)[C@@H]1OC(C)=O. The Morgan fingerprint density at radius 3 is 2.23 bits per heavy atom. The number of ether oxygens (including phenoxy) is 6. The summed E-state index contributed by atoms with van der Waals surface area (Å²) in [7, 11) is 2.70. The van der Waals surface area contributed by atoms with E-state index in [0.717, 1.165) is 31.2 Å². The van der Waals surface area contributed by atoms with Crippen molar-refractivity contribution in [3.8, 4) is 23.0 Å². The van der Waals surface area contributed by atoms with E-state index in [-0.39, 0.29) is 18.4 Å². The summed E-state index contributed by atoms with van der Waals surface area (Å²) in [6.45, 7) is 3.14. The smallest absolute Gasteiger partial charge is 0.376 e. The first-order valence-electron chi connectivity index (χ1n) is 11.9. The van der Waals surface area contributed by atoms with Gasteiger partial charge in [0.15, 0.2) is 18.4 Å². The predicted molar refractivity (Wildman–Crippen MR) is 130 cm³/mol. The number of hydrogen-bond donors (Lipinski definition) is 0. The van der Waals surface area contributed by atoms with E-state index in [9.17, 15) is 19.2 Å². The highest BCUT2D eigenvalue weighted by Crippen LogP contribution is 2.35. The van der Waals surface area contributed by atoms with E-state index < -0.39 is 48.4 Å². The monoisotopic (exact) mass is 558 g/mol. The lowest BCUT2D eigenvalue weighted by atomic mass is 10.1. The Kier molecular flexibility index (Phi) is 8.37. The van der Waals surface area contributed by atoms with Crippen LogP contribution in [0.3, 0.4) is 0 Å². The fraction of sp³-hybridized carbons (Fsp3) is 0.417. The van der Waals surface area contributed by atoms with Crippen molar-refractivity contribution in [3.05, 3.63) is 36.3 Å². The fourth-order valence-electron chi connectivity index (χ4n) is 3.96. The van der Waals surface area contributed by atoms with Gasteiger partial charge in [0.1, 0.15) is 24.2 Å². The van der Waals surface area contributed by atoms with Crippen LogP contribution in [0.2, 0.25) is 0 Å². The molecule has 1 aromatic carbocycles. The van der Waals surface area contributed by atoms with Gasteiger partial charge >= 0.3 is 23.9 Å². The first-order valence-corrected chi connectivity index (χ1v) is 11.9. The van der Waals surface area contributed by atoms with Gasteiger partial charge in [-0.3, -0.25) is 14.4 Å². The summed E-state index contributed by atoms with van der Waals surface area (Å²) in [4.78, 5) is 52.2. The number of carbonyl (C=O) groups is 4. The molecule has 3 heterocycles. The zero-order chi connectivity index (χ0) is 29.0. The van der Waals surface area contributed by atoms with Crippen LogP contribution in [0.5, 0.6) is 5.75 Å². The van der Waals surface area contributed by atoms with Crippen LogP contribution in [0.25, 0.3) is 17.2 Å². The number of hydrogen-bond acceptors (Lipinski definition) is 14. The van der Waals surface area contributed by atoms with Gasteiger partial charge in [0.05, 0.1) is 20.4 Å². The van der Waals surface area contributed by atoms with Crippen LogP contribution in [0.15, 0.2) is 30.5 Å². The van der Waals surface area contributed by atoms with Crippen molar-refractivity contribution in [2.75, 3.05) is 20.8 Å². The van der Waals surface area contributed by atoms with Crippen LogP contribution in [0.4, 0.5) is 0 Å². The summed E-state index contributed by atoms with van der Waals surface area (Å²) in [5.74, 6) is -2.72. The van der Waals surface area contributed by atoms with Gasteiger partial charge in [-0.25, -0.2) is 9.48 Å². The molecule has 1 saturated heterocycles. The van der Waals surface area contributed by atoms with E-state index in [1.807, 2.05) is 0 Å². The van der Waals surface area contributed by atoms with Gasteiger partial charge in [0, 0.05) is 26.3 Å². The molecule has 0 bridgehead atoms. The topological polar surface area (TPSA) is 185 Å². The molecule has 4 rings (SSSR count). The average Bonchev–Trinajstić information content (AvgIpc) is 3.65. The Balaban J connectivity index is 1.74. The van der Waals surface area contributed by atoms with Gasteiger partial charge in [-0.05, 0) is 24.3 Å². The van der Waals surface area contributed by atoms with Crippen LogP contribution < -0.4 is 4.74 Å². The molecule has 16 heteroatoms. The molecular formula is C24H26N6O10. The van der Waals surface area contributed by atoms with E-state index >= 15 is 0 Å². The third-order valence-corrected chi connectivity index (χ3v) is 5.65. The zero-order valence-corrected chi connectivity index (χ0v) is 22.2. The highest BCUT2D eigenvalue weighted by molar-refractivity contribution is 5.85. The maximum Gasteiger partial charge on any atom is 0.376 e. The van der Waals surface area contributed by atoms with Gasteiger partial charge in [-0.1, -0.05) is 5.21 Å². The van der Waals surface area contributed by atoms with Crippen molar-refractivity contribution in [3.63, 3.8) is 0 Å². The molecule has 0 saturated carbocycles. The molecule has 0 radical (unpaired) electrons. The molecule has 1 aliphatic rings. The summed E-state index contributed by atoms with van der Waals surface area (Å²) in [5.41, 5.74) is 1.20. The third kappa shape index (κ3) is 6.06. The molecule has 0 aliphatic carbocycles. The first kappa shape index (κ1) is 28.2. The number of rotatable bonds is 9. The molecule has 1 aliphatic heterocycles. The minimum atomic E-state index is -1.34. The van der Waals surface area contributed by atoms with Crippen LogP contribution in [0.1, 0.15) is 37.6 Å². The molecule has 4 atom stereocenters. The molecule has 0 amide bonds. The second kappa shape index (κ2) is 11.9. The molecule has 40 heavy (non-hydrogen) atoms. The largest absolute Gasteiger partial charge is 0.497 e. The maximum atomic E-state index is 12.7. The van der Waals surface area contributed by atoms with Crippen molar-refractivity contribution in [1.82, 2.24) is 29.8 Å². The molecule has 3 aromatic rings. The summed E-state index contributed by atoms with van der Waals surface area (Å²) in [6.07, 6.45) is -3.39. The van der Waals surface area contributed by atoms with E-state index in [2.05, 4.69) is 20.4 Å². The molecule has 16 nitrogen and oxygen atoms in total.